The van der Waals surface area contributed by atoms with Gasteiger partial charge in [-0.2, -0.15) is 0 Å². The molecule has 12 heavy (non-hydrogen) atoms. The molecule has 0 aliphatic carbocycles. The van der Waals surface area contributed by atoms with Gasteiger partial charge in [-0.15, -0.1) is 0 Å². The van der Waals surface area contributed by atoms with Crippen LogP contribution in [0.25, 0.3) is 0 Å². The Morgan fingerprint density at radius 3 is 2.08 bits per heavy atom. The first kappa shape index (κ1) is 12.3. The summed E-state index contributed by atoms with van der Waals surface area (Å²) in [7, 11) is -3.98. The number of hydrogen-bond donors (Lipinski definition) is 2. The summed E-state index contributed by atoms with van der Waals surface area (Å²) in [4.78, 5) is 29.8. The Hall–Kier alpha value is 0.330. The molecular formula is C6H15O4PS. The molecule has 0 rings (SSSR count). The summed E-state index contributed by atoms with van der Waals surface area (Å²) >= 11 is 0.505. The van der Waals surface area contributed by atoms with Gasteiger partial charge in [0.15, 0.2) is 0 Å². The SMILES string of the molecule is CCP(O)(O)(CC)OSC(C)=O. The van der Waals surface area contributed by atoms with Gasteiger partial charge in [0.2, 0.25) is 0 Å². The molecule has 0 saturated carbocycles. The van der Waals surface area contributed by atoms with Crippen LogP contribution >= 0.6 is 19.3 Å². The molecule has 0 aromatic heterocycles. The molecule has 74 valence electrons. The van der Waals surface area contributed by atoms with E-state index in [0.717, 1.165) is 0 Å². The zero-order valence-corrected chi connectivity index (χ0v) is 9.19. The van der Waals surface area contributed by atoms with Crippen molar-refractivity contribution >= 4 is 24.4 Å². The van der Waals surface area contributed by atoms with E-state index >= 15 is 0 Å². The molecule has 0 heterocycles. The zero-order valence-electron chi connectivity index (χ0n) is 7.48. The van der Waals surface area contributed by atoms with E-state index in [0.29, 0.717) is 12.0 Å². The second-order valence-electron chi connectivity index (χ2n) is 2.58. The molecule has 4 nitrogen and oxygen atoms in total. The summed E-state index contributed by atoms with van der Waals surface area (Å²) in [5, 5.41) is -0.283. The molecule has 0 aromatic rings. The van der Waals surface area contributed by atoms with Crippen molar-refractivity contribution in [3.8, 4) is 0 Å². The molecule has 0 amide bonds. The average molecular weight is 214 g/mol. The summed E-state index contributed by atoms with van der Waals surface area (Å²) in [6.45, 7) is 4.57. The van der Waals surface area contributed by atoms with Crippen molar-refractivity contribution in [2.45, 2.75) is 20.8 Å². The van der Waals surface area contributed by atoms with Gasteiger partial charge in [-0.05, 0) is 0 Å². The number of rotatable bonds is 4. The van der Waals surface area contributed by atoms with Gasteiger partial charge in [0.05, 0.1) is 0 Å². The van der Waals surface area contributed by atoms with E-state index in [1.54, 1.807) is 13.8 Å². The van der Waals surface area contributed by atoms with Crippen molar-refractivity contribution in [3.05, 3.63) is 0 Å². The normalized spacial score (nSPS) is 15.2. The predicted octanol–water partition coefficient (Wildman–Crippen LogP) is 1.52. The maximum absolute atomic E-state index is 10.5. The fourth-order valence-electron chi connectivity index (χ4n) is 0.468. The van der Waals surface area contributed by atoms with Crippen molar-refractivity contribution in [1.29, 1.82) is 0 Å². The average Bonchev–Trinajstić information content (AvgIpc) is 2.03. The van der Waals surface area contributed by atoms with Gasteiger partial charge in [0.1, 0.15) is 0 Å². The first-order chi connectivity index (χ1) is 5.32. The third kappa shape index (κ3) is 3.83. The molecule has 0 atom stereocenters. The van der Waals surface area contributed by atoms with Gasteiger partial charge in [0, 0.05) is 0 Å². The second kappa shape index (κ2) is 4.03. The Morgan fingerprint density at radius 2 is 1.83 bits per heavy atom. The van der Waals surface area contributed by atoms with Gasteiger partial charge in [-0.1, -0.05) is 0 Å². The van der Waals surface area contributed by atoms with E-state index in [9.17, 15) is 14.6 Å². The molecular weight excluding hydrogens is 199 g/mol. The van der Waals surface area contributed by atoms with Gasteiger partial charge in [0.25, 0.3) is 0 Å². The van der Waals surface area contributed by atoms with Crippen LogP contribution in [0.5, 0.6) is 0 Å². The van der Waals surface area contributed by atoms with Gasteiger partial charge < -0.3 is 0 Å². The Balaban J connectivity index is 4.24. The van der Waals surface area contributed by atoms with Crippen LogP contribution in [0.2, 0.25) is 0 Å². The summed E-state index contributed by atoms with van der Waals surface area (Å²) in [5.41, 5.74) is 0. The molecule has 0 fully saturated rings. The van der Waals surface area contributed by atoms with Gasteiger partial charge in [-0.25, -0.2) is 0 Å². The number of hydrogen-bond acceptors (Lipinski definition) is 5. The quantitative estimate of drug-likeness (QED) is 0.548. The molecule has 0 unspecified atom stereocenters. The van der Waals surface area contributed by atoms with Crippen LogP contribution in [-0.2, 0) is 8.76 Å². The van der Waals surface area contributed by atoms with Gasteiger partial charge >= 0.3 is 76.1 Å². The summed E-state index contributed by atoms with van der Waals surface area (Å²) < 4.78 is 4.79. The van der Waals surface area contributed by atoms with Crippen LogP contribution in [0.4, 0.5) is 0 Å². The summed E-state index contributed by atoms with van der Waals surface area (Å²) in [5.74, 6) is 0. The number of carbonyl (C=O) groups is 1. The molecule has 0 radical (unpaired) electrons. The standard InChI is InChI=1S/C6H15O4PS/c1-4-11(8,9,5-2)10-12-6(3)7/h8-9H,4-5H2,1-3H3. The third-order valence-corrected chi connectivity index (χ3v) is 6.05. The van der Waals surface area contributed by atoms with Crippen molar-refractivity contribution in [3.63, 3.8) is 0 Å². The van der Waals surface area contributed by atoms with Crippen LogP contribution in [0, 0.1) is 0 Å². The molecule has 0 bridgehead atoms. The first-order valence-electron chi connectivity index (χ1n) is 3.70. The van der Waals surface area contributed by atoms with E-state index in [2.05, 4.69) is 0 Å². The number of carbonyl (C=O) groups excluding carboxylic acids is 1. The molecule has 2 N–H and O–H groups in total. The van der Waals surface area contributed by atoms with Crippen LogP contribution in [0.3, 0.4) is 0 Å². The fourth-order valence-corrected chi connectivity index (χ4v) is 2.87. The topological polar surface area (TPSA) is 66.8 Å². The van der Waals surface area contributed by atoms with Crippen LogP contribution in [0.1, 0.15) is 20.8 Å². The molecule has 6 heteroatoms. The molecule has 0 aromatic carbocycles. The molecule has 0 saturated heterocycles. The van der Waals surface area contributed by atoms with Crippen LogP contribution < -0.4 is 0 Å². The van der Waals surface area contributed by atoms with Crippen molar-refractivity contribution < 1.29 is 18.6 Å². The first-order valence-corrected chi connectivity index (χ1v) is 6.88. The van der Waals surface area contributed by atoms with Crippen molar-refractivity contribution in [1.82, 2.24) is 0 Å². The summed E-state index contributed by atoms with van der Waals surface area (Å²) in [6.07, 6.45) is 0.283. The summed E-state index contributed by atoms with van der Waals surface area (Å²) in [6, 6.07) is 0. The van der Waals surface area contributed by atoms with E-state index in [1.807, 2.05) is 0 Å². The third-order valence-electron chi connectivity index (χ3n) is 1.60. The predicted molar refractivity (Wildman–Crippen MR) is 51.8 cm³/mol. The van der Waals surface area contributed by atoms with Crippen LogP contribution in [0.15, 0.2) is 0 Å². The molecule has 0 aliphatic heterocycles. The fraction of sp³-hybridized carbons (Fsp3) is 0.833. The van der Waals surface area contributed by atoms with E-state index < -0.39 is 7.28 Å². The second-order valence-corrected chi connectivity index (χ2v) is 7.79. The Labute approximate surface area is 76.7 Å². The Kier molecular flexibility index (Phi) is 4.14. The monoisotopic (exact) mass is 214 g/mol. The van der Waals surface area contributed by atoms with Crippen molar-refractivity contribution in [2.75, 3.05) is 12.3 Å². The zero-order chi connectivity index (χ0) is 9.85. The van der Waals surface area contributed by atoms with E-state index in [-0.39, 0.29) is 17.4 Å². The Morgan fingerprint density at radius 1 is 1.42 bits per heavy atom. The Bertz CT molecular complexity index is 174. The molecule has 0 spiro atoms. The minimum absolute atomic E-state index is 0.141. The van der Waals surface area contributed by atoms with Crippen molar-refractivity contribution in [2.24, 2.45) is 0 Å². The maximum atomic E-state index is 10.5. The van der Waals surface area contributed by atoms with Gasteiger partial charge in [-0.3, -0.25) is 0 Å². The van der Waals surface area contributed by atoms with Crippen LogP contribution in [-0.4, -0.2) is 27.2 Å². The van der Waals surface area contributed by atoms with E-state index in [1.165, 1.54) is 6.92 Å². The minimum atomic E-state index is -3.98. The van der Waals surface area contributed by atoms with E-state index in [4.69, 9.17) is 3.97 Å². The molecule has 0 aliphatic rings.